The topological polar surface area (TPSA) is 17.3 Å². The molecule has 1 aliphatic carbocycles. The fourth-order valence-electron chi connectivity index (χ4n) is 1.66. The summed E-state index contributed by atoms with van der Waals surface area (Å²) in [5, 5.41) is 4.30. The number of nitrogens with zero attached hydrogens (tertiary/aromatic N) is 2. The van der Waals surface area contributed by atoms with Crippen LogP contribution in [0.1, 0.15) is 24.3 Å². The number of hydrogen-bond acceptors (Lipinski definition) is 1. The fourth-order valence-corrected chi connectivity index (χ4v) is 1.66. The van der Waals surface area contributed by atoms with Crippen molar-refractivity contribution >= 4 is 5.52 Å². The van der Waals surface area contributed by atoms with E-state index in [2.05, 4.69) is 17.2 Å². The molecule has 0 saturated heterocycles. The van der Waals surface area contributed by atoms with Crippen molar-refractivity contribution in [2.24, 2.45) is 0 Å². The lowest BCUT2D eigenvalue weighted by molar-refractivity contribution is 0.961. The molecule has 2 aromatic heterocycles. The lowest BCUT2D eigenvalue weighted by atomic mass is 10.2. The first-order valence-electron chi connectivity index (χ1n) is 4.37. The Labute approximate surface area is 70.8 Å². The van der Waals surface area contributed by atoms with Crippen molar-refractivity contribution in [2.45, 2.75) is 18.8 Å². The Hall–Kier alpha value is -1.31. The Kier molecular flexibility index (Phi) is 1.09. The smallest absolute Gasteiger partial charge is 0.0696 e. The van der Waals surface area contributed by atoms with Gasteiger partial charge >= 0.3 is 0 Å². The van der Waals surface area contributed by atoms with E-state index in [9.17, 15) is 0 Å². The van der Waals surface area contributed by atoms with Gasteiger partial charge in [0.2, 0.25) is 0 Å². The number of pyridine rings is 1. The molecule has 0 spiro atoms. The first-order valence-corrected chi connectivity index (χ1v) is 4.37. The Morgan fingerprint density at radius 2 is 2.25 bits per heavy atom. The lowest BCUT2D eigenvalue weighted by Crippen LogP contribution is -1.83. The Bertz CT molecular complexity index is 412. The summed E-state index contributed by atoms with van der Waals surface area (Å²) < 4.78 is 1.95. The van der Waals surface area contributed by atoms with E-state index in [-0.39, 0.29) is 0 Å². The summed E-state index contributed by atoms with van der Waals surface area (Å²) >= 11 is 0. The predicted molar refractivity (Wildman–Crippen MR) is 47.2 cm³/mol. The predicted octanol–water partition coefficient (Wildman–Crippen LogP) is 2.21. The maximum atomic E-state index is 4.30. The van der Waals surface area contributed by atoms with Gasteiger partial charge in [0.25, 0.3) is 0 Å². The van der Waals surface area contributed by atoms with E-state index in [0.717, 1.165) is 5.92 Å². The molecule has 2 nitrogen and oxygen atoms in total. The summed E-state index contributed by atoms with van der Waals surface area (Å²) in [6.07, 6.45) is 6.70. The Morgan fingerprint density at radius 3 is 3.08 bits per heavy atom. The normalized spacial score (nSPS) is 17.0. The van der Waals surface area contributed by atoms with E-state index in [1.165, 1.54) is 23.9 Å². The third-order valence-corrected chi connectivity index (χ3v) is 2.47. The quantitative estimate of drug-likeness (QED) is 0.622. The zero-order valence-corrected chi connectivity index (χ0v) is 6.77. The number of aromatic nitrogens is 2. The van der Waals surface area contributed by atoms with Gasteiger partial charge in [0.15, 0.2) is 0 Å². The molecular weight excluding hydrogens is 148 g/mol. The minimum atomic E-state index is 0.796. The van der Waals surface area contributed by atoms with Crippen molar-refractivity contribution in [3.05, 3.63) is 36.2 Å². The zero-order chi connectivity index (χ0) is 7.97. The second-order valence-corrected chi connectivity index (χ2v) is 3.40. The molecule has 0 atom stereocenters. The van der Waals surface area contributed by atoms with E-state index in [1.54, 1.807) is 0 Å². The molecular formula is C10H10N2. The van der Waals surface area contributed by atoms with Gasteiger partial charge in [-0.2, -0.15) is 5.10 Å². The first kappa shape index (κ1) is 6.23. The molecule has 60 valence electrons. The third-order valence-electron chi connectivity index (χ3n) is 2.47. The van der Waals surface area contributed by atoms with Crippen molar-refractivity contribution in [1.29, 1.82) is 0 Å². The van der Waals surface area contributed by atoms with E-state index < -0.39 is 0 Å². The second-order valence-electron chi connectivity index (χ2n) is 3.40. The van der Waals surface area contributed by atoms with Gasteiger partial charge in [0.1, 0.15) is 0 Å². The van der Waals surface area contributed by atoms with Crippen LogP contribution in [0.25, 0.3) is 5.52 Å². The van der Waals surface area contributed by atoms with Crippen LogP contribution in [0, 0.1) is 0 Å². The van der Waals surface area contributed by atoms with Gasteiger partial charge in [-0.25, -0.2) is 4.52 Å². The van der Waals surface area contributed by atoms with Crippen LogP contribution in [0.4, 0.5) is 0 Å². The van der Waals surface area contributed by atoms with Crippen LogP contribution in [0.5, 0.6) is 0 Å². The Balaban J connectivity index is 2.30. The molecule has 0 unspecified atom stereocenters. The van der Waals surface area contributed by atoms with Gasteiger partial charge in [-0.05, 0) is 30.9 Å². The van der Waals surface area contributed by atoms with Crippen molar-refractivity contribution < 1.29 is 0 Å². The van der Waals surface area contributed by atoms with Crippen molar-refractivity contribution in [1.82, 2.24) is 9.61 Å². The van der Waals surface area contributed by atoms with Crippen LogP contribution in [-0.2, 0) is 0 Å². The molecule has 12 heavy (non-hydrogen) atoms. The molecule has 2 aromatic rings. The number of fused-ring (bicyclic) bond motifs is 1. The highest BCUT2D eigenvalue weighted by atomic mass is 15.2. The molecule has 1 fully saturated rings. The van der Waals surface area contributed by atoms with Gasteiger partial charge in [0.05, 0.1) is 11.7 Å². The molecule has 3 rings (SSSR count). The lowest BCUT2D eigenvalue weighted by Gasteiger charge is -1.93. The standard InChI is InChI=1S/C10H10N2/c1-2-6-12-10(3-1)9(7-11-12)8-4-5-8/h1-3,6-8H,4-5H2. The number of hydrogen-bond donors (Lipinski definition) is 0. The van der Waals surface area contributed by atoms with Crippen molar-refractivity contribution in [3.63, 3.8) is 0 Å². The summed E-state index contributed by atoms with van der Waals surface area (Å²) in [4.78, 5) is 0. The minimum absolute atomic E-state index is 0.796. The van der Waals surface area contributed by atoms with Crippen LogP contribution in [-0.4, -0.2) is 9.61 Å². The summed E-state index contributed by atoms with van der Waals surface area (Å²) in [5.74, 6) is 0.796. The summed E-state index contributed by atoms with van der Waals surface area (Å²) in [5.41, 5.74) is 2.70. The average Bonchev–Trinajstić information content (AvgIpc) is 2.86. The fraction of sp³-hybridized carbons (Fsp3) is 0.300. The maximum absolute atomic E-state index is 4.30. The molecule has 1 aliphatic rings. The molecule has 0 aromatic carbocycles. The van der Waals surface area contributed by atoms with Crippen LogP contribution < -0.4 is 0 Å². The number of rotatable bonds is 1. The van der Waals surface area contributed by atoms with Crippen LogP contribution in [0.15, 0.2) is 30.6 Å². The molecule has 0 radical (unpaired) electrons. The second kappa shape index (κ2) is 2.09. The summed E-state index contributed by atoms with van der Waals surface area (Å²) in [6.45, 7) is 0. The Morgan fingerprint density at radius 1 is 1.33 bits per heavy atom. The third kappa shape index (κ3) is 0.779. The zero-order valence-electron chi connectivity index (χ0n) is 6.77. The van der Waals surface area contributed by atoms with E-state index in [0.29, 0.717) is 0 Å². The van der Waals surface area contributed by atoms with E-state index >= 15 is 0 Å². The first-order chi connectivity index (χ1) is 5.95. The van der Waals surface area contributed by atoms with Crippen molar-refractivity contribution in [2.75, 3.05) is 0 Å². The average molecular weight is 158 g/mol. The van der Waals surface area contributed by atoms with Gasteiger partial charge in [-0.1, -0.05) is 6.07 Å². The molecule has 0 N–H and O–H groups in total. The molecule has 2 heterocycles. The highest BCUT2D eigenvalue weighted by Crippen LogP contribution is 2.41. The SMILES string of the molecule is c1ccn2ncc(C3CC3)c2c1. The molecule has 1 saturated carbocycles. The van der Waals surface area contributed by atoms with E-state index in [1.807, 2.05) is 23.0 Å². The monoisotopic (exact) mass is 158 g/mol. The molecule has 0 bridgehead atoms. The summed E-state index contributed by atoms with van der Waals surface area (Å²) in [6, 6.07) is 6.22. The summed E-state index contributed by atoms with van der Waals surface area (Å²) in [7, 11) is 0. The van der Waals surface area contributed by atoms with Crippen LogP contribution in [0.2, 0.25) is 0 Å². The van der Waals surface area contributed by atoms with Crippen LogP contribution >= 0.6 is 0 Å². The molecule has 2 heteroatoms. The maximum Gasteiger partial charge on any atom is 0.0696 e. The minimum Gasteiger partial charge on any atom is -0.241 e. The van der Waals surface area contributed by atoms with E-state index in [4.69, 9.17) is 0 Å². The van der Waals surface area contributed by atoms with Gasteiger partial charge < -0.3 is 0 Å². The molecule has 0 amide bonds. The highest BCUT2D eigenvalue weighted by Gasteiger charge is 2.26. The van der Waals surface area contributed by atoms with Gasteiger partial charge in [-0.15, -0.1) is 0 Å². The van der Waals surface area contributed by atoms with Gasteiger partial charge in [0, 0.05) is 11.8 Å². The highest BCUT2D eigenvalue weighted by molar-refractivity contribution is 5.56. The largest absolute Gasteiger partial charge is 0.241 e. The van der Waals surface area contributed by atoms with Gasteiger partial charge in [-0.3, -0.25) is 0 Å². The molecule has 0 aliphatic heterocycles. The van der Waals surface area contributed by atoms with Crippen molar-refractivity contribution in [3.8, 4) is 0 Å². The van der Waals surface area contributed by atoms with Crippen LogP contribution in [0.3, 0.4) is 0 Å².